The summed E-state index contributed by atoms with van der Waals surface area (Å²) in [5, 5.41) is 46.8. The first kappa shape index (κ1) is 19.9. The smallest absolute Gasteiger partial charge is 0.314 e. The molecule has 0 saturated carbocycles. The van der Waals surface area contributed by atoms with Gasteiger partial charge in [0, 0.05) is 12.0 Å². The Balaban J connectivity index is 1.98. The van der Waals surface area contributed by atoms with Crippen molar-refractivity contribution in [3.63, 3.8) is 0 Å². The van der Waals surface area contributed by atoms with Crippen molar-refractivity contribution in [2.24, 2.45) is 5.92 Å². The third-order valence-electron chi connectivity index (χ3n) is 5.04. The number of hydrogen-bond acceptors (Lipinski definition) is 8. The van der Waals surface area contributed by atoms with Crippen LogP contribution in [0.5, 0.6) is 17.4 Å². The number of nitrogens with one attached hydrogen (secondary N) is 2. The Morgan fingerprint density at radius 2 is 2.13 bits per heavy atom. The number of benzene rings is 2. The molecule has 10 heteroatoms. The van der Waals surface area contributed by atoms with Crippen molar-refractivity contribution in [3.8, 4) is 34.7 Å². The molecule has 0 saturated heterocycles. The SMILES string of the molecule is CCOc1cc(C2c3c(n[nH]c3-c3ccccc3)OC(=N)C2C#N)cc([N+](=O)[O-])c1O. The van der Waals surface area contributed by atoms with E-state index in [4.69, 9.17) is 14.9 Å². The zero-order chi connectivity index (χ0) is 22.1. The molecule has 3 aromatic rings. The van der Waals surface area contributed by atoms with Crippen LogP contribution in [0.25, 0.3) is 11.3 Å². The zero-order valence-corrected chi connectivity index (χ0v) is 16.3. The average Bonchev–Trinajstić information content (AvgIpc) is 3.18. The van der Waals surface area contributed by atoms with Crippen LogP contribution in [0.1, 0.15) is 24.0 Å². The van der Waals surface area contributed by atoms with Crippen molar-refractivity contribution in [2.45, 2.75) is 12.8 Å². The largest absolute Gasteiger partial charge is 0.500 e. The maximum absolute atomic E-state index is 11.6. The number of nitro benzene ring substituents is 1. The van der Waals surface area contributed by atoms with E-state index in [0.29, 0.717) is 16.8 Å². The van der Waals surface area contributed by atoms with Crippen molar-refractivity contribution in [1.29, 1.82) is 10.7 Å². The van der Waals surface area contributed by atoms with Gasteiger partial charge < -0.3 is 14.6 Å². The first-order valence-electron chi connectivity index (χ1n) is 9.39. The molecule has 0 aliphatic carbocycles. The Hall–Kier alpha value is -4.39. The Morgan fingerprint density at radius 1 is 1.39 bits per heavy atom. The topological polar surface area (TPSA) is 158 Å². The fourth-order valence-corrected chi connectivity index (χ4v) is 3.70. The third-order valence-corrected chi connectivity index (χ3v) is 5.04. The van der Waals surface area contributed by atoms with E-state index in [0.717, 1.165) is 5.56 Å². The summed E-state index contributed by atoms with van der Waals surface area (Å²) in [6.07, 6.45) is 0. The van der Waals surface area contributed by atoms with Crippen LogP contribution in [-0.2, 0) is 0 Å². The molecule has 0 radical (unpaired) electrons. The van der Waals surface area contributed by atoms with E-state index < -0.39 is 28.2 Å². The molecule has 2 aromatic carbocycles. The van der Waals surface area contributed by atoms with Gasteiger partial charge in [-0.15, -0.1) is 5.10 Å². The number of nitrogens with zero attached hydrogens (tertiary/aromatic N) is 3. The number of H-pyrrole nitrogens is 1. The van der Waals surface area contributed by atoms with Gasteiger partial charge in [-0.1, -0.05) is 30.3 Å². The summed E-state index contributed by atoms with van der Waals surface area (Å²) in [4.78, 5) is 10.8. The van der Waals surface area contributed by atoms with E-state index >= 15 is 0 Å². The van der Waals surface area contributed by atoms with Crippen LogP contribution in [0, 0.1) is 32.8 Å². The van der Waals surface area contributed by atoms with Gasteiger partial charge in [0.1, 0.15) is 5.92 Å². The summed E-state index contributed by atoms with van der Waals surface area (Å²) < 4.78 is 10.9. The van der Waals surface area contributed by atoms with E-state index in [1.165, 1.54) is 12.1 Å². The molecule has 0 spiro atoms. The molecule has 2 heterocycles. The lowest BCUT2D eigenvalue weighted by Crippen LogP contribution is -2.31. The molecule has 0 bridgehead atoms. The fourth-order valence-electron chi connectivity index (χ4n) is 3.70. The predicted octanol–water partition coefficient (Wildman–Crippen LogP) is 3.73. The third kappa shape index (κ3) is 3.32. The zero-order valence-electron chi connectivity index (χ0n) is 16.3. The molecule has 4 rings (SSSR count). The monoisotopic (exact) mass is 419 g/mol. The van der Waals surface area contributed by atoms with Crippen LogP contribution in [0.2, 0.25) is 0 Å². The highest BCUT2D eigenvalue weighted by molar-refractivity contribution is 5.87. The van der Waals surface area contributed by atoms with Crippen molar-refractivity contribution in [2.75, 3.05) is 6.61 Å². The first-order chi connectivity index (χ1) is 15.0. The number of phenols is 1. The lowest BCUT2D eigenvalue weighted by molar-refractivity contribution is -0.386. The number of nitro groups is 1. The summed E-state index contributed by atoms with van der Waals surface area (Å²) in [6.45, 7) is 1.85. The van der Waals surface area contributed by atoms with Gasteiger partial charge in [0.2, 0.25) is 17.5 Å². The second kappa shape index (κ2) is 7.79. The Kier molecular flexibility index (Phi) is 5.00. The Labute approximate surface area is 176 Å². The van der Waals surface area contributed by atoms with E-state index in [9.17, 15) is 20.5 Å². The Morgan fingerprint density at radius 3 is 2.77 bits per heavy atom. The predicted molar refractivity (Wildman–Crippen MR) is 109 cm³/mol. The summed E-state index contributed by atoms with van der Waals surface area (Å²) in [7, 11) is 0. The minimum Gasteiger partial charge on any atom is -0.500 e. The van der Waals surface area contributed by atoms with Crippen molar-refractivity contribution >= 4 is 11.6 Å². The van der Waals surface area contributed by atoms with E-state index in [-0.39, 0.29) is 24.1 Å². The van der Waals surface area contributed by atoms with Gasteiger partial charge in [-0.3, -0.25) is 20.6 Å². The summed E-state index contributed by atoms with van der Waals surface area (Å²) in [5.74, 6) is -2.75. The molecule has 0 fully saturated rings. The highest BCUT2D eigenvalue weighted by Gasteiger charge is 2.42. The first-order valence-corrected chi connectivity index (χ1v) is 9.39. The number of hydrogen-bond donors (Lipinski definition) is 3. The maximum atomic E-state index is 11.6. The standard InChI is InChI=1S/C21H17N5O5/c1-2-30-15-9-12(8-14(19(15)27)26(28)29)16-13(10-22)20(23)31-21-17(16)18(24-25-21)11-6-4-3-5-7-11/h3-9,13,16,23,27H,2H2,1H3,(H,24,25). The van der Waals surface area contributed by atoms with E-state index in [1.807, 2.05) is 30.3 Å². The normalized spacial score (nSPS) is 17.4. The number of nitriles is 1. The number of phenolic OH excluding ortho intramolecular Hbond substituents is 1. The molecule has 1 aromatic heterocycles. The van der Waals surface area contributed by atoms with Gasteiger partial charge in [0.15, 0.2) is 5.75 Å². The summed E-state index contributed by atoms with van der Waals surface area (Å²) >= 11 is 0. The lowest BCUT2D eigenvalue weighted by atomic mass is 9.78. The van der Waals surface area contributed by atoms with Crippen LogP contribution >= 0.6 is 0 Å². The number of fused-ring (bicyclic) bond motifs is 1. The van der Waals surface area contributed by atoms with Gasteiger partial charge in [-0.05, 0) is 24.1 Å². The second-order valence-electron chi connectivity index (χ2n) is 6.81. The molecule has 2 unspecified atom stereocenters. The lowest BCUT2D eigenvalue weighted by Gasteiger charge is -2.28. The van der Waals surface area contributed by atoms with Gasteiger partial charge in [0.05, 0.1) is 28.9 Å². The fraction of sp³-hybridized carbons (Fsp3) is 0.190. The van der Waals surface area contributed by atoms with Gasteiger partial charge >= 0.3 is 5.69 Å². The molecule has 3 N–H and O–H groups in total. The molecule has 31 heavy (non-hydrogen) atoms. The highest BCUT2D eigenvalue weighted by Crippen LogP contribution is 2.48. The number of aromatic hydroxyl groups is 1. The number of aromatic amines is 1. The van der Waals surface area contributed by atoms with Crippen LogP contribution in [0.4, 0.5) is 5.69 Å². The van der Waals surface area contributed by atoms with Gasteiger partial charge in [-0.25, -0.2) is 0 Å². The van der Waals surface area contributed by atoms with Crippen LogP contribution in [-0.4, -0.2) is 32.7 Å². The molecular formula is C21H17N5O5. The van der Waals surface area contributed by atoms with Crippen molar-refractivity contribution in [1.82, 2.24) is 10.2 Å². The molecule has 0 amide bonds. The quantitative estimate of drug-likeness (QED) is 0.420. The molecule has 156 valence electrons. The Bertz CT molecular complexity index is 1210. The van der Waals surface area contributed by atoms with E-state index in [2.05, 4.69) is 16.3 Å². The molecule has 1 aliphatic heterocycles. The van der Waals surface area contributed by atoms with Crippen LogP contribution < -0.4 is 9.47 Å². The minimum absolute atomic E-state index is 0.0762. The average molecular weight is 419 g/mol. The number of aromatic nitrogens is 2. The van der Waals surface area contributed by atoms with Gasteiger partial charge in [0.25, 0.3) is 0 Å². The molecular weight excluding hydrogens is 402 g/mol. The molecule has 10 nitrogen and oxygen atoms in total. The second-order valence-corrected chi connectivity index (χ2v) is 6.81. The summed E-state index contributed by atoms with van der Waals surface area (Å²) in [5.41, 5.74) is 1.61. The maximum Gasteiger partial charge on any atom is 0.314 e. The van der Waals surface area contributed by atoms with Crippen molar-refractivity contribution in [3.05, 3.63) is 63.7 Å². The molecule has 2 atom stereocenters. The summed E-state index contributed by atoms with van der Waals surface area (Å²) in [6, 6.07) is 13.9. The number of ether oxygens (including phenoxy) is 2. The molecule has 1 aliphatic rings. The highest BCUT2D eigenvalue weighted by atomic mass is 16.6. The number of rotatable bonds is 5. The van der Waals surface area contributed by atoms with Gasteiger partial charge in [-0.2, -0.15) is 5.26 Å². The van der Waals surface area contributed by atoms with Crippen LogP contribution in [0.15, 0.2) is 42.5 Å². The van der Waals surface area contributed by atoms with Crippen molar-refractivity contribution < 1.29 is 19.5 Å². The van der Waals surface area contributed by atoms with Crippen LogP contribution in [0.3, 0.4) is 0 Å². The minimum atomic E-state index is -1.06. The van der Waals surface area contributed by atoms with E-state index in [1.54, 1.807) is 6.92 Å².